The van der Waals surface area contributed by atoms with Gasteiger partial charge in [0.05, 0.1) is 17.6 Å². The summed E-state index contributed by atoms with van der Waals surface area (Å²) in [6.07, 6.45) is 3.34. The van der Waals surface area contributed by atoms with E-state index in [2.05, 4.69) is 46.6 Å². The molecular weight excluding hydrogens is 254 g/mol. The fraction of sp³-hybridized carbons (Fsp3) is 0.357. The van der Waals surface area contributed by atoms with Crippen molar-refractivity contribution >= 4 is 17.5 Å². The predicted octanol–water partition coefficient (Wildman–Crippen LogP) is 3.05. The van der Waals surface area contributed by atoms with Gasteiger partial charge in [-0.2, -0.15) is 5.10 Å². The molecule has 106 valence electrons. The van der Waals surface area contributed by atoms with Gasteiger partial charge >= 0.3 is 6.03 Å². The summed E-state index contributed by atoms with van der Waals surface area (Å²) < 4.78 is 0. The Labute approximate surface area is 118 Å². The van der Waals surface area contributed by atoms with Crippen LogP contribution in [0, 0.1) is 6.92 Å². The summed E-state index contributed by atoms with van der Waals surface area (Å²) >= 11 is 0. The second-order valence-electron chi connectivity index (χ2n) is 5.67. The number of urea groups is 1. The van der Waals surface area contributed by atoms with E-state index in [9.17, 15) is 4.79 Å². The van der Waals surface area contributed by atoms with Crippen molar-refractivity contribution in [3.8, 4) is 0 Å². The number of hydrogen-bond acceptors (Lipinski definition) is 3. The zero-order chi connectivity index (χ0) is 14.8. The average molecular weight is 273 g/mol. The van der Waals surface area contributed by atoms with Gasteiger partial charge in [-0.1, -0.05) is 26.8 Å². The van der Waals surface area contributed by atoms with E-state index in [0.29, 0.717) is 11.5 Å². The molecule has 0 saturated heterocycles. The molecule has 0 aromatic carbocycles. The number of carbonyl (C=O) groups excluding carboxylic acids is 1. The zero-order valence-corrected chi connectivity index (χ0v) is 12.1. The van der Waals surface area contributed by atoms with E-state index in [1.54, 1.807) is 18.5 Å². The van der Waals surface area contributed by atoms with Crippen molar-refractivity contribution in [2.45, 2.75) is 33.1 Å². The summed E-state index contributed by atoms with van der Waals surface area (Å²) in [7, 11) is 0. The van der Waals surface area contributed by atoms with Crippen LogP contribution in [0.5, 0.6) is 0 Å². The molecule has 2 rings (SSSR count). The maximum Gasteiger partial charge on any atom is 0.324 e. The highest BCUT2D eigenvalue weighted by Crippen LogP contribution is 2.22. The van der Waals surface area contributed by atoms with Gasteiger partial charge in [0.1, 0.15) is 5.82 Å². The summed E-state index contributed by atoms with van der Waals surface area (Å²) in [5.41, 5.74) is 2.61. The quantitative estimate of drug-likeness (QED) is 0.786. The Morgan fingerprint density at radius 1 is 1.20 bits per heavy atom. The summed E-state index contributed by atoms with van der Waals surface area (Å²) in [5.74, 6) is 0.511. The summed E-state index contributed by atoms with van der Waals surface area (Å²) in [4.78, 5) is 16.1. The summed E-state index contributed by atoms with van der Waals surface area (Å²) in [6, 6.07) is 3.42. The van der Waals surface area contributed by atoms with E-state index >= 15 is 0 Å². The van der Waals surface area contributed by atoms with Crippen LogP contribution in [-0.4, -0.2) is 21.2 Å². The van der Waals surface area contributed by atoms with Crippen molar-refractivity contribution in [1.82, 2.24) is 15.2 Å². The molecule has 3 N–H and O–H groups in total. The van der Waals surface area contributed by atoms with E-state index in [1.807, 2.05) is 13.0 Å². The lowest BCUT2D eigenvalue weighted by Gasteiger charge is -2.18. The van der Waals surface area contributed by atoms with Gasteiger partial charge in [0, 0.05) is 6.20 Å². The van der Waals surface area contributed by atoms with Crippen molar-refractivity contribution in [2.75, 3.05) is 10.6 Å². The van der Waals surface area contributed by atoms with Gasteiger partial charge in [0.25, 0.3) is 0 Å². The molecule has 0 aliphatic rings. The first kappa shape index (κ1) is 14.0. The van der Waals surface area contributed by atoms with Gasteiger partial charge in [0.2, 0.25) is 0 Å². The second kappa shape index (κ2) is 5.32. The van der Waals surface area contributed by atoms with Crippen LogP contribution < -0.4 is 10.6 Å². The highest BCUT2D eigenvalue weighted by atomic mass is 16.2. The molecule has 0 bridgehead atoms. The molecule has 6 nitrogen and oxygen atoms in total. The number of rotatable bonds is 2. The molecule has 0 radical (unpaired) electrons. The van der Waals surface area contributed by atoms with Gasteiger partial charge in [-0.05, 0) is 24.0 Å². The number of amides is 2. The molecule has 0 spiro atoms. The lowest BCUT2D eigenvalue weighted by Crippen LogP contribution is -2.20. The van der Waals surface area contributed by atoms with Crippen LogP contribution in [-0.2, 0) is 5.41 Å². The van der Waals surface area contributed by atoms with Crippen molar-refractivity contribution in [1.29, 1.82) is 0 Å². The maximum atomic E-state index is 11.8. The van der Waals surface area contributed by atoms with E-state index < -0.39 is 0 Å². The predicted molar refractivity (Wildman–Crippen MR) is 78.9 cm³/mol. The number of aromatic nitrogens is 3. The van der Waals surface area contributed by atoms with Crippen LogP contribution >= 0.6 is 0 Å². The lowest BCUT2D eigenvalue weighted by atomic mass is 9.88. The third kappa shape index (κ3) is 3.34. The Morgan fingerprint density at radius 2 is 1.95 bits per heavy atom. The smallest absolute Gasteiger partial charge is 0.305 e. The SMILES string of the molecule is Cc1[nH]ncc1NC(=O)Nc1ccc(C(C)(C)C)cn1. The Morgan fingerprint density at radius 3 is 2.45 bits per heavy atom. The largest absolute Gasteiger partial charge is 0.324 e. The fourth-order valence-corrected chi connectivity index (χ4v) is 1.66. The minimum Gasteiger partial charge on any atom is -0.305 e. The number of carbonyl (C=O) groups is 1. The maximum absolute atomic E-state index is 11.8. The molecule has 6 heteroatoms. The van der Waals surface area contributed by atoms with Crippen LogP contribution in [0.15, 0.2) is 24.5 Å². The minimum absolute atomic E-state index is 0.0433. The number of aromatic amines is 1. The van der Waals surface area contributed by atoms with Gasteiger partial charge in [0.15, 0.2) is 0 Å². The monoisotopic (exact) mass is 273 g/mol. The molecule has 0 fully saturated rings. The van der Waals surface area contributed by atoms with E-state index in [4.69, 9.17) is 0 Å². The third-order valence-electron chi connectivity index (χ3n) is 2.95. The van der Waals surface area contributed by atoms with Crippen molar-refractivity contribution in [2.24, 2.45) is 0 Å². The molecule has 20 heavy (non-hydrogen) atoms. The van der Waals surface area contributed by atoms with Crippen LogP contribution in [0.2, 0.25) is 0 Å². The third-order valence-corrected chi connectivity index (χ3v) is 2.95. The molecule has 2 aromatic heterocycles. The summed E-state index contributed by atoms with van der Waals surface area (Å²) in [6.45, 7) is 8.18. The molecule has 0 atom stereocenters. The van der Waals surface area contributed by atoms with E-state index in [-0.39, 0.29) is 11.4 Å². The minimum atomic E-state index is -0.342. The Hall–Kier alpha value is -2.37. The Bertz CT molecular complexity index is 595. The number of H-pyrrole nitrogens is 1. The highest BCUT2D eigenvalue weighted by Gasteiger charge is 2.14. The van der Waals surface area contributed by atoms with Crippen LogP contribution in [0.1, 0.15) is 32.0 Å². The number of anilines is 2. The van der Waals surface area contributed by atoms with Gasteiger partial charge in [-0.3, -0.25) is 10.4 Å². The first-order chi connectivity index (χ1) is 9.36. The van der Waals surface area contributed by atoms with Gasteiger partial charge in [-0.25, -0.2) is 9.78 Å². The van der Waals surface area contributed by atoms with Crippen LogP contribution in [0.3, 0.4) is 0 Å². The molecule has 2 amide bonds. The van der Waals surface area contributed by atoms with Gasteiger partial charge < -0.3 is 5.32 Å². The topological polar surface area (TPSA) is 82.7 Å². The Kier molecular flexibility index (Phi) is 3.74. The summed E-state index contributed by atoms with van der Waals surface area (Å²) in [5, 5.41) is 12.0. The normalized spacial score (nSPS) is 11.2. The van der Waals surface area contributed by atoms with Crippen molar-refractivity contribution in [3.05, 3.63) is 35.8 Å². The van der Waals surface area contributed by atoms with E-state index in [1.165, 1.54) is 0 Å². The highest BCUT2D eigenvalue weighted by molar-refractivity contribution is 5.99. The number of hydrogen-bond donors (Lipinski definition) is 3. The van der Waals surface area contributed by atoms with Crippen LogP contribution in [0.25, 0.3) is 0 Å². The fourth-order valence-electron chi connectivity index (χ4n) is 1.66. The number of aryl methyl sites for hydroxylation is 1. The number of nitrogens with one attached hydrogen (secondary N) is 3. The van der Waals surface area contributed by atoms with Crippen LogP contribution in [0.4, 0.5) is 16.3 Å². The molecule has 0 aliphatic carbocycles. The van der Waals surface area contributed by atoms with Crippen molar-refractivity contribution in [3.63, 3.8) is 0 Å². The second-order valence-corrected chi connectivity index (χ2v) is 5.67. The molecule has 2 heterocycles. The lowest BCUT2D eigenvalue weighted by molar-refractivity contribution is 0.262. The molecule has 0 aliphatic heterocycles. The standard InChI is InChI=1S/C14H19N5O/c1-9-11(8-16-19-9)17-13(20)18-12-6-5-10(7-15-12)14(2,3)4/h5-8H,1-4H3,(H,16,19)(H2,15,17,18,20). The molecule has 2 aromatic rings. The zero-order valence-electron chi connectivity index (χ0n) is 12.1. The Balaban J connectivity index is 2.00. The molecule has 0 unspecified atom stereocenters. The van der Waals surface area contributed by atoms with Crippen molar-refractivity contribution < 1.29 is 4.79 Å². The number of nitrogens with zero attached hydrogens (tertiary/aromatic N) is 2. The first-order valence-electron chi connectivity index (χ1n) is 6.41. The molecule has 0 saturated carbocycles. The first-order valence-corrected chi connectivity index (χ1v) is 6.41. The average Bonchev–Trinajstić information content (AvgIpc) is 2.74. The van der Waals surface area contributed by atoms with E-state index in [0.717, 1.165) is 11.3 Å². The number of pyridine rings is 1. The van der Waals surface area contributed by atoms with Gasteiger partial charge in [-0.15, -0.1) is 0 Å². The molecular formula is C14H19N5O.